The first-order valence-corrected chi connectivity index (χ1v) is 11.9. The highest BCUT2D eigenvalue weighted by Crippen LogP contribution is 2.14. The first kappa shape index (κ1) is 26.7. The summed E-state index contributed by atoms with van der Waals surface area (Å²) < 4.78 is 5.13. The molecule has 0 N–H and O–H groups in total. The predicted molar refractivity (Wildman–Crippen MR) is 119 cm³/mol. The van der Waals surface area contributed by atoms with Gasteiger partial charge in [-0.05, 0) is 18.9 Å². The summed E-state index contributed by atoms with van der Waals surface area (Å²) in [5.41, 5.74) is 0.790. The lowest BCUT2D eigenvalue weighted by Crippen LogP contribution is -2.06. The Bertz CT molecular complexity index is 423. The summed E-state index contributed by atoms with van der Waals surface area (Å²) in [5, 5.41) is 8.50. The Balaban J connectivity index is 3.19. The van der Waals surface area contributed by atoms with Crippen LogP contribution in [0, 0.1) is 11.3 Å². The van der Waals surface area contributed by atoms with Gasteiger partial charge in [0, 0.05) is 12.5 Å². The zero-order chi connectivity index (χ0) is 20.7. The highest BCUT2D eigenvalue weighted by Gasteiger charge is 2.03. The molecule has 0 amide bonds. The lowest BCUT2D eigenvalue weighted by Gasteiger charge is -2.05. The van der Waals surface area contributed by atoms with Gasteiger partial charge in [-0.15, -0.1) is 0 Å². The fourth-order valence-electron chi connectivity index (χ4n) is 3.41. The van der Waals surface area contributed by atoms with Crippen LogP contribution in [0.4, 0.5) is 0 Å². The quantitative estimate of drug-likeness (QED) is 0.120. The Morgan fingerprint density at radius 2 is 1.14 bits per heavy atom. The van der Waals surface area contributed by atoms with Gasteiger partial charge in [0.15, 0.2) is 0 Å². The van der Waals surface area contributed by atoms with Crippen LogP contribution in [-0.2, 0) is 9.53 Å². The zero-order valence-corrected chi connectivity index (χ0v) is 18.8. The summed E-state index contributed by atoms with van der Waals surface area (Å²) in [4.78, 5) is 11.6. The van der Waals surface area contributed by atoms with Gasteiger partial charge < -0.3 is 4.74 Å². The normalized spacial score (nSPS) is 11.4. The van der Waals surface area contributed by atoms with Gasteiger partial charge in [-0.3, -0.25) is 4.79 Å². The van der Waals surface area contributed by atoms with Gasteiger partial charge in [0.2, 0.25) is 0 Å². The minimum Gasteiger partial charge on any atom is -0.461 e. The van der Waals surface area contributed by atoms with Crippen LogP contribution in [0.15, 0.2) is 11.6 Å². The molecule has 0 aliphatic carbocycles. The third kappa shape index (κ3) is 21.0. The third-order valence-electron chi connectivity index (χ3n) is 5.26. The molecule has 0 saturated heterocycles. The number of nitriles is 1. The second-order valence-electron chi connectivity index (χ2n) is 8.19. The molecule has 0 aromatic heterocycles. The lowest BCUT2D eigenvalue weighted by atomic mass is 10.0. The maximum absolute atomic E-state index is 11.6. The second kappa shape index (κ2) is 22.0. The molecule has 3 heteroatoms. The Labute approximate surface area is 174 Å². The molecule has 0 aromatic carbocycles. The van der Waals surface area contributed by atoms with Gasteiger partial charge in [0.25, 0.3) is 0 Å². The van der Waals surface area contributed by atoms with Crippen molar-refractivity contribution in [3.8, 4) is 6.07 Å². The summed E-state index contributed by atoms with van der Waals surface area (Å²) in [5.74, 6) is -0.147. The number of carbonyl (C=O) groups excluding carboxylic acids is 1. The van der Waals surface area contributed by atoms with Crippen molar-refractivity contribution < 1.29 is 9.53 Å². The molecular weight excluding hydrogens is 346 g/mol. The third-order valence-corrected chi connectivity index (χ3v) is 5.26. The molecule has 0 rings (SSSR count). The Hall–Kier alpha value is -1.30. The van der Waals surface area contributed by atoms with E-state index in [2.05, 4.69) is 6.92 Å². The van der Waals surface area contributed by atoms with Crippen molar-refractivity contribution in [3.63, 3.8) is 0 Å². The minimum atomic E-state index is -0.147. The van der Waals surface area contributed by atoms with Crippen LogP contribution in [0.5, 0.6) is 0 Å². The predicted octanol–water partition coefficient (Wildman–Crippen LogP) is 8.04. The van der Waals surface area contributed by atoms with E-state index >= 15 is 0 Å². The molecule has 0 saturated carbocycles. The number of carbonyl (C=O) groups is 1. The van der Waals surface area contributed by atoms with Crippen molar-refractivity contribution in [1.29, 1.82) is 5.26 Å². The van der Waals surface area contributed by atoms with Crippen LogP contribution in [0.25, 0.3) is 0 Å². The Kier molecular flexibility index (Phi) is 21.0. The molecule has 0 aliphatic heterocycles. The van der Waals surface area contributed by atoms with Crippen molar-refractivity contribution in [2.45, 2.75) is 129 Å². The zero-order valence-electron chi connectivity index (χ0n) is 18.8. The Morgan fingerprint density at radius 1 is 0.750 bits per heavy atom. The van der Waals surface area contributed by atoms with Gasteiger partial charge in [-0.2, -0.15) is 5.26 Å². The number of nitrogens with zero attached hydrogens (tertiary/aromatic N) is 1. The average molecular weight is 392 g/mol. The van der Waals surface area contributed by atoms with Crippen LogP contribution < -0.4 is 0 Å². The summed E-state index contributed by atoms with van der Waals surface area (Å²) >= 11 is 0. The number of rotatable bonds is 20. The summed E-state index contributed by atoms with van der Waals surface area (Å²) in [6, 6.07) is 1.94. The van der Waals surface area contributed by atoms with Crippen molar-refractivity contribution in [3.05, 3.63) is 11.6 Å². The average Bonchev–Trinajstić information content (AvgIpc) is 2.69. The largest absolute Gasteiger partial charge is 0.461 e. The summed E-state index contributed by atoms with van der Waals surface area (Å²) in [7, 11) is 0. The monoisotopic (exact) mass is 391 g/mol. The molecule has 28 heavy (non-hydrogen) atoms. The minimum absolute atomic E-state index is 0.147. The van der Waals surface area contributed by atoms with E-state index in [-0.39, 0.29) is 12.6 Å². The van der Waals surface area contributed by atoms with Crippen molar-refractivity contribution in [2.75, 3.05) is 6.61 Å². The summed E-state index contributed by atoms with van der Waals surface area (Å²) in [6.07, 6.45) is 24.7. The number of hydrogen-bond acceptors (Lipinski definition) is 3. The molecule has 3 nitrogen and oxygen atoms in total. The van der Waals surface area contributed by atoms with Crippen LogP contribution in [-0.4, -0.2) is 12.6 Å². The second-order valence-corrected chi connectivity index (χ2v) is 8.19. The molecule has 0 bridgehead atoms. The van der Waals surface area contributed by atoms with Crippen LogP contribution in [0.2, 0.25) is 0 Å². The van der Waals surface area contributed by atoms with E-state index in [1.165, 1.54) is 102 Å². The Morgan fingerprint density at radius 3 is 1.54 bits per heavy atom. The standard InChI is InChI=1S/C25H45NO2/c1-3-4-5-6-7-8-9-10-11-12-13-14-15-16-17-18-19-20-25(27)28-23-24(2)21-22-26/h21H,3-20,23H2,1-2H3/b24-21+. The molecule has 0 fully saturated rings. The van der Waals surface area contributed by atoms with Gasteiger partial charge in [-0.25, -0.2) is 0 Å². The highest BCUT2D eigenvalue weighted by atomic mass is 16.5. The van der Waals surface area contributed by atoms with E-state index in [0.29, 0.717) is 6.42 Å². The molecule has 0 radical (unpaired) electrons. The molecule has 0 unspecified atom stereocenters. The number of ether oxygens (including phenoxy) is 1. The topological polar surface area (TPSA) is 50.1 Å². The molecular formula is C25H45NO2. The van der Waals surface area contributed by atoms with Crippen molar-refractivity contribution >= 4 is 5.97 Å². The number of esters is 1. The van der Waals surface area contributed by atoms with Crippen LogP contribution in [0.1, 0.15) is 129 Å². The maximum Gasteiger partial charge on any atom is 0.306 e. The first-order chi connectivity index (χ1) is 13.7. The fourth-order valence-corrected chi connectivity index (χ4v) is 3.41. The SMILES string of the molecule is CCCCCCCCCCCCCCCCCCCC(=O)OC/C(C)=C/C#N. The van der Waals surface area contributed by atoms with Crippen molar-refractivity contribution in [2.24, 2.45) is 0 Å². The van der Waals surface area contributed by atoms with Gasteiger partial charge >= 0.3 is 5.97 Å². The lowest BCUT2D eigenvalue weighted by molar-refractivity contribution is -0.142. The van der Waals surface area contributed by atoms with Crippen LogP contribution in [0.3, 0.4) is 0 Å². The van der Waals surface area contributed by atoms with E-state index in [0.717, 1.165) is 18.4 Å². The van der Waals surface area contributed by atoms with E-state index in [4.69, 9.17) is 10.00 Å². The smallest absolute Gasteiger partial charge is 0.306 e. The molecule has 0 atom stereocenters. The highest BCUT2D eigenvalue weighted by molar-refractivity contribution is 5.69. The van der Waals surface area contributed by atoms with E-state index in [1.807, 2.05) is 6.07 Å². The van der Waals surface area contributed by atoms with E-state index in [9.17, 15) is 4.79 Å². The first-order valence-electron chi connectivity index (χ1n) is 11.9. The molecule has 162 valence electrons. The number of unbranched alkanes of at least 4 members (excludes halogenated alkanes) is 16. The number of hydrogen-bond donors (Lipinski definition) is 0. The molecule has 0 spiro atoms. The van der Waals surface area contributed by atoms with E-state index in [1.54, 1.807) is 6.92 Å². The maximum atomic E-state index is 11.6. The van der Waals surface area contributed by atoms with Crippen molar-refractivity contribution in [1.82, 2.24) is 0 Å². The van der Waals surface area contributed by atoms with E-state index < -0.39 is 0 Å². The van der Waals surface area contributed by atoms with Crippen LogP contribution >= 0.6 is 0 Å². The van der Waals surface area contributed by atoms with Gasteiger partial charge in [0.05, 0.1) is 6.07 Å². The summed E-state index contributed by atoms with van der Waals surface area (Å²) in [6.45, 7) is 4.32. The van der Waals surface area contributed by atoms with Gasteiger partial charge in [0.1, 0.15) is 6.61 Å². The molecule has 0 aromatic rings. The molecule has 0 aliphatic rings. The van der Waals surface area contributed by atoms with Gasteiger partial charge in [-0.1, -0.05) is 110 Å². The number of allylic oxidation sites excluding steroid dienone is 1. The fraction of sp³-hybridized carbons (Fsp3) is 0.840. The molecule has 0 heterocycles.